The van der Waals surface area contributed by atoms with Crippen molar-refractivity contribution in [1.29, 1.82) is 0 Å². The molecule has 7 nitrogen and oxygen atoms in total. The van der Waals surface area contributed by atoms with Gasteiger partial charge in [0.15, 0.2) is 0 Å². The van der Waals surface area contributed by atoms with Crippen molar-refractivity contribution >= 4 is 32.4 Å². The number of amides is 1. The standard InChI is InChI=1S/C17H13F3N4O3S2/c18-17(19,20)13-8-4-5-11(9-13)10-21-29(26,27)16-24-23-15(28-16)22-14(25)12-6-2-1-3-7-12/h1-9,21H,10H2,(H,22,23,25). The number of aromatic nitrogens is 2. The summed E-state index contributed by atoms with van der Waals surface area (Å²) in [5.74, 6) is -0.484. The van der Waals surface area contributed by atoms with Gasteiger partial charge in [-0.1, -0.05) is 47.7 Å². The Bertz CT molecular complexity index is 1120. The number of hydrogen-bond acceptors (Lipinski definition) is 6. The summed E-state index contributed by atoms with van der Waals surface area (Å²) in [7, 11) is -4.12. The van der Waals surface area contributed by atoms with Crippen LogP contribution in [0.4, 0.5) is 18.3 Å². The minimum absolute atomic E-state index is 0.0294. The zero-order valence-corrected chi connectivity index (χ0v) is 16.1. The Morgan fingerprint density at radius 3 is 2.45 bits per heavy atom. The first-order valence-electron chi connectivity index (χ1n) is 8.01. The first kappa shape index (κ1) is 20.9. The molecule has 0 radical (unpaired) electrons. The van der Waals surface area contributed by atoms with Crippen molar-refractivity contribution in [2.75, 3.05) is 5.32 Å². The lowest BCUT2D eigenvalue weighted by Gasteiger charge is -2.09. The number of halogens is 3. The topological polar surface area (TPSA) is 101 Å². The van der Waals surface area contributed by atoms with E-state index in [0.717, 1.165) is 12.1 Å². The molecule has 0 saturated carbocycles. The van der Waals surface area contributed by atoms with Crippen molar-refractivity contribution in [2.24, 2.45) is 0 Å². The van der Waals surface area contributed by atoms with E-state index in [2.05, 4.69) is 20.2 Å². The van der Waals surface area contributed by atoms with E-state index >= 15 is 0 Å². The van der Waals surface area contributed by atoms with Gasteiger partial charge >= 0.3 is 6.18 Å². The number of anilines is 1. The number of nitrogens with one attached hydrogen (secondary N) is 2. The van der Waals surface area contributed by atoms with E-state index in [0.29, 0.717) is 16.9 Å². The third-order valence-corrected chi connectivity index (χ3v) is 6.22. The fourth-order valence-corrected chi connectivity index (χ4v) is 4.18. The van der Waals surface area contributed by atoms with Crippen LogP contribution >= 0.6 is 11.3 Å². The number of alkyl halides is 3. The molecule has 0 aliphatic heterocycles. The lowest BCUT2D eigenvalue weighted by molar-refractivity contribution is -0.137. The number of hydrogen-bond donors (Lipinski definition) is 2. The first-order valence-corrected chi connectivity index (χ1v) is 10.3. The minimum Gasteiger partial charge on any atom is -0.296 e. The zero-order chi connectivity index (χ0) is 21.1. The summed E-state index contributed by atoms with van der Waals surface area (Å²) < 4.78 is 64.6. The van der Waals surface area contributed by atoms with Crippen LogP contribution in [0.25, 0.3) is 0 Å². The number of nitrogens with zero attached hydrogens (tertiary/aromatic N) is 2. The van der Waals surface area contributed by atoms with E-state index in [9.17, 15) is 26.4 Å². The highest BCUT2D eigenvalue weighted by Crippen LogP contribution is 2.29. The smallest absolute Gasteiger partial charge is 0.296 e. The monoisotopic (exact) mass is 442 g/mol. The predicted octanol–water partition coefficient (Wildman–Crippen LogP) is 3.29. The molecule has 3 aromatic rings. The molecule has 0 saturated heterocycles. The van der Waals surface area contributed by atoms with Crippen molar-refractivity contribution < 1.29 is 26.4 Å². The molecule has 2 aromatic carbocycles. The van der Waals surface area contributed by atoms with Crippen LogP contribution in [0.2, 0.25) is 0 Å². The Morgan fingerprint density at radius 2 is 1.76 bits per heavy atom. The second-order valence-corrected chi connectivity index (χ2v) is 8.63. The van der Waals surface area contributed by atoms with Gasteiger partial charge < -0.3 is 0 Å². The number of carbonyl (C=O) groups is 1. The third kappa shape index (κ3) is 5.37. The average molecular weight is 442 g/mol. The van der Waals surface area contributed by atoms with Gasteiger partial charge in [0.1, 0.15) is 0 Å². The van der Waals surface area contributed by atoms with Gasteiger partial charge in [0.05, 0.1) is 5.56 Å². The predicted molar refractivity (Wildman–Crippen MR) is 99.8 cm³/mol. The number of benzene rings is 2. The van der Waals surface area contributed by atoms with Crippen LogP contribution in [0.3, 0.4) is 0 Å². The quantitative estimate of drug-likeness (QED) is 0.571. The maximum atomic E-state index is 12.7. The van der Waals surface area contributed by atoms with Crippen molar-refractivity contribution in [2.45, 2.75) is 17.1 Å². The van der Waals surface area contributed by atoms with Crippen molar-refractivity contribution in [3.05, 3.63) is 71.3 Å². The summed E-state index contributed by atoms with van der Waals surface area (Å²) in [6.45, 7) is -0.364. The number of sulfonamides is 1. The number of carbonyl (C=O) groups excluding carboxylic acids is 1. The largest absolute Gasteiger partial charge is 0.416 e. The molecule has 1 aromatic heterocycles. The maximum absolute atomic E-state index is 12.7. The third-order valence-electron chi connectivity index (χ3n) is 3.61. The molecule has 2 N–H and O–H groups in total. The maximum Gasteiger partial charge on any atom is 0.416 e. The molecule has 1 heterocycles. The molecule has 0 aliphatic rings. The van der Waals surface area contributed by atoms with Gasteiger partial charge in [0.2, 0.25) is 9.47 Å². The first-order chi connectivity index (χ1) is 13.6. The Labute approximate surface area is 167 Å². The highest BCUT2D eigenvalue weighted by Gasteiger charge is 2.30. The lowest BCUT2D eigenvalue weighted by Crippen LogP contribution is -2.23. The van der Waals surface area contributed by atoms with E-state index in [-0.39, 0.29) is 17.2 Å². The molecule has 0 atom stereocenters. The van der Waals surface area contributed by atoms with Gasteiger partial charge in [-0.25, -0.2) is 13.1 Å². The second-order valence-electron chi connectivity index (χ2n) is 5.72. The second kappa shape index (κ2) is 8.27. The van der Waals surface area contributed by atoms with Crippen LogP contribution in [-0.2, 0) is 22.7 Å². The Hall–Kier alpha value is -2.83. The molecule has 0 fully saturated rings. The summed E-state index contributed by atoms with van der Waals surface area (Å²) in [5.41, 5.74) is -0.392. The summed E-state index contributed by atoms with van der Waals surface area (Å²) in [5, 5.41) is 9.55. The Kier molecular flexibility index (Phi) is 5.96. The number of rotatable bonds is 6. The average Bonchev–Trinajstić information content (AvgIpc) is 3.16. The fraction of sp³-hybridized carbons (Fsp3) is 0.118. The van der Waals surface area contributed by atoms with Crippen molar-refractivity contribution in [3.63, 3.8) is 0 Å². The molecule has 0 unspecified atom stereocenters. The molecule has 152 valence electrons. The van der Waals surface area contributed by atoms with Gasteiger partial charge in [0, 0.05) is 12.1 Å². The fourth-order valence-electron chi connectivity index (χ4n) is 2.23. The zero-order valence-electron chi connectivity index (χ0n) is 14.5. The summed E-state index contributed by atoms with van der Waals surface area (Å²) in [6.07, 6.45) is -4.53. The van der Waals surface area contributed by atoms with E-state index in [4.69, 9.17) is 0 Å². The molecule has 0 aliphatic carbocycles. The van der Waals surface area contributed by atoms with Crippen LogP contribution < -0.4 is 10.0 Å². The van der Waals surface area contributed by atoms with E-state index in [1.54, 1.807) is 30.3 Å². The SMILES string of the molecule is O=C(Nc1nnc(S(=O)(=O)NCc2cccc(C(F)(F)F)c2)s1)c1ccccc1. The molecule has 12 heteroatoms. The van der Waals surface area contributed by atoms with Crippen molar-refractivity contribution in [1.82, 2.24) is 14.9 Å². The molecular weight excluding hydrogens is 429 g/mol. The molecule has 3 rings (SSSR count). The highest BCUT2D eigenvalue weighted by atomic mass is 32.2. The van der Waals surface area contributed by atoms with E-state index in [1.807, 2.05) is 0 Å². The summed E-state index contributed by atoms with van der Waals surface area (Å²) in [6, 6.07) is 12.5. The Morgan fingerprint density at radius 1 is 1.03 bits per heavy atom. The van der Waals surface area contributed by atoms with Crippen LogP contribution in [0.1, 0.15) is 21.5 Å². The van der Waals surface area contributed by atoms with Gasteiger partial charge in [0.25, 0.3) is 15.9 Å². The molecule has 0 spiro atoms. The van der Waals surface area contributed by atoms with Crippen LogP contribution in [0, 0.1) is 0 Å². The molecule has 1 amide bonds. The molecule has 29 heavy (non-hydrogen) atoms. The summed E-state index contributed by atoms with van der Waals surface area (Å²) >= 11 is 0.621. The minimum atomic E-state index is -4.53. The summed E-state index contributed by atoms with van der Waals surface area (Å²) in [4.78, 5) is 12.1. The molecule has 0 bridgehead atoms. The highest BCUT2D eigenvalue weighted by molar-refractivity contribution is 7.91. The van der Waals surface area contributed by atoms with Gasteiger partial charge in [-0.2, -0.15) is 13.2 Å². The van der Waals surface area contributed by atoms with Crippen LogP contribution in [0.5, 0.6) is 0 Å². The van der Waals surface area contributed by atoms with Gasteiger partial charge in [-0.3, -0.25) is 10.1 Å². The van der Waals surface area contributed by atoms with E-state index in [1.165, 1.54) is 12.1 Å². The molecular formula is C17H13F3N4O3S2. The van der Waals surface area contributed by atoms with Crippen LogP contribution in [0.15, 0.2) is 58.9 Å². The van der Waals surface area contributed by atoms with Crippen LogP contribution in [-0.4, -0.2) is 24.5 Å². The normalized spacial score (nSPS) is 12.0. The van der Waals surface area contributed by atoms with Gasteiger partial charge in [-0.05, 0) is 23.8 Å². The van der Waals surface area contributed by atoms with E-state index < -0.39 is 32.0 Å². The lowest BCUT2D eigenvalue weighted by atomic mass is 10.1. The van der Waals surface area contributed by atoms with Crippen molar-refractivity contribution in [3.8, 4) is 0 Å². The Balaban J connectivity index is 1.67. The van der Waals surface area contributed by atoms with Gasteiger partial charge in [-0.15, -0.1) is 10.2 Å².